The summed E-state index contributed by atoms with van der Waals surface area (Å²) >= 11 is 0. The molecule has 2 aliphatic heterocycles. The predicted molar refractivity (Wildman–Crippen MR) is 197 cm³/mol. The van der Waals surface area contributed by atoms with Gasteiger partial charge in [0.2, 0.25) is 5.91 Å². The molecule has 2 aliphatic rings. The Morgan fingerprint density at radius 1 is 0.840 bits per heavy atom. The SMILES string of the molecule is CC(=O)N1c2ccc(NC(=O)c3ccc(-c4ccccc4)cc3)cc2C(C)(c2ccc(OCCCNC(=O)N3CCOCC3)cc2)CC1(C)C. The lowest BCUT2D eigenvalue weighted by molar-refractivity contribution is -0.117. The molecule has 50 heavy (non-hydrogen) atoms. The van der Waals surface area contributed by atoms with Gasteiger partial charge in [0.15, 0.2) is 0 Å². The Bertz CT molecular complexity index is 1820. The molecule has 0 bridgehead atoms. The molecule has 0 aromatic heterocycles. The first-order chi connectivity index (χ1) is 24.0. The average molecular weight is 675 g/mol. The van der Waals surface area contributed by atoms with E-state index in [1.165, 1.54) is 0 Å². The highest BCUT2D eigenvalue weighted by Crippen LogP contribution is 2.51. The summed E-state index contributed by atoms with van der Waals surface area (Å²) in [4.78, 5) is 42.4. The molecule has 0 aliphatic carbocycles. The molecule has 9 heteroatoms. The molecule has 1 saturated heterocycles. The van der Waals surface area contributed by atoms with Gasteiger partial charge in [0, 0.05) is 54.5 Å². The molecule has 1 unspecified atom stereocenters. The number of morpholine rings is 1. The number of anilines is 2. The minimum atomic E-state index is -0.467. The molecule has 9 nitrogen and oxygen atoms in total. The molecule has 4 aromatic rings. The van der Waals surface area contributed by atoms with Gasteiger partial charge in [0.05, 0.1) is 19.8 Å². The van der Waals surface area contributed by atoms with Crippen LogP contribution in [0, 0.1) is 0 Å². The number of benzene rings is 4. The van der Waals surface area contributed by atoms with E-state index in [4.69, 9.17) is 9.47 Å². The lowest BCUT2D eigenvalue weighted by Gasteiger charge is -2.51. The highest BCUT2D eigenvalue weighted by atomic mass is 16.5. The van der Waals surface area contributed by atoms with Gasteiger partial charge >= 0.3 is 6.03 Å². The van der Waals surface area contributed by atoms with Gasteiger partial charge in [-0.15, -0.1) is 0 Å². The Labute approximate surface area is 294 Å². The van der Waals surface area contributed by atoms with Gasteiger partial charge in [0.1, 0.15) is 5.75 Å². The number of carbonyl (C=O) groups is 3. The Hall–Kier alpha value is -5.15. The number of fused-ring (bicyclic) bond motifs is 1. The van der Waals surface area contributed by atoms with Gasteiger partial charge in [0.25, 0.3) is 5.91 Å². The second-order valence-electron chi connectivity index (χ2n) is 13.9. The maximum Gasteiger partial charge on any atom is 0.317 e. The van der Waals surface area contributed by atoms with E-state index < -0.39 is 11.0 Å². The third-order valence-corrected chi connectivity index (χ3v) is 9.71. The second-order valence-corrected chi connectivity index (χ2v) is 13.9. The van der Waals surface area contributed by atoms with Gasteiger partial charge in [-0.25, -0.2) is 4.79 Å². The maximum atomic E-state index is 13.4. The van der Waals surface area contributed by atoms with Crippen LogP contribution in [0.3, 0.4) is 0 Å². The Morgan fingerprint density at radius 2 is 1.52 bits per heavy atom. The predicted octanol–water partition coefficient (Wildman–Crippen LogP) is 7.26. The third kappa shape index (κ3) is 7.53. The van der Waals surface area contributed by atoms with E-state index in [0.29, 0.717) is 63.5 Å². The smallest absolute Gasteiger partial charge is 0.317 e. The molecule has 2 N–H and O–H groups in total. The minimum absolute atomic E-state index is 0.0292. The zero-order chi connectivity index (χ0) is 35.3. The first-order valence-corrected chi connectivity index (χ1v) is 17.3. The fourth-order valence-electron chi connectivity index (χ4n) is 7.37. The first-order valence-electron chi connectivity index (χ1n) is 17.3. The molecule has 260 valence electrons. The molecule has 4 amide bonds. The number of nitrogens with zero attached hydrogens (tertiary/aromatic N) is 2. The van der Waals surface area contributed by atoms with E-state index in [1.807, 2.05) is 89.8 Å². The summed E-state index contributed by atoms with van der Waals surface area (Å²) < 4.78 is 11.3. The molecule has 0 radical (unpaired) electrons. The summed E-state index contributed by atoms with van der Waals surface area (Å²) in [6.07, 6.45) is 1.36. The number of rotatable bonds is 9. The van der Waals surface area contributed by atoms with Crippen LogP contribution in [0.4, 0.5) is 16.2 Å². The van der Waals surface area contributed by atoms with Crippen LogP contribution < -0.4 is 20.3 Å². The van der Waals surface area contributed by atoms with Gasteiger partial charge in [-0.2, -0.15) is 0 Å². The lowest BCUT2D eigenvalue weighted by Crippen LogP contribution is -2.55. The van der Waals surface area contributed by atoms with Crippen LogP contribution in [0.25, 0.3) is 11.1 Å². The van der Waals surface area contributed by atoms with Crippen molar-refractivity contribution in [3.8, 4) is 16.9 Å². The van der Waals surface area contributed by atoms with Crippen LogP contribution in [-0.2, 0) is 14.9 Å². The highest BCUT2D eigenvalue weighted by Gasteiger charge is 2.47. The van der Waals surface area contributed by atoms with Crippen molar-refractivity contribution >= 4 is 29.2 Å². The van der Waals surface area contributed by atoms with Crippen molar-refractivity contribution in [2.24, 2.45) is 0 Å². The zero-order valence-electron chi connectivity index (χ0n) is 29.3. The van der Waals surface area contributed by atoms with E-state index in [9.17, 15) is 14.4 Å². The molecule has 0 spiro atoms. The van der Waals surface area contributed by atoms with Crippen molar-refractivity contribution in [3.63, 3.8) is 0 Å². The van der Waals surface area contributed by atoms with E-state index in [1.54, 1.807) is 11.8 Å². The highest BCUT2D eigenvalue weighted by molar-refractivity contribution is 6.05. The topological polar surface area (TPSA) is 100 Å². The van der Waals surface area contributed by atoms with Crippen molar-refractivity contribution < 1.29 is 23.9 Å². The van der Waals surface area contributed by atoms with Crippen LogP contribution in [0.5, 0.6) is 5.75 Å². The van der Waals surface area contributed by atoms with Crippen LogP contribution in [-0.4, -0.2) is 67.7 Å². The number of hydrogen-bond acceptors (Lipinski definition) is 5. The largest absolute Gasteiger partial charge is 0.494 e. The molecule has 0 saturated carbocycles. The van der Waals surface area contributed by atoms with Gasteiger partial charge in [-0.05, 0) is 91.4 Å². The summed E-state index contributed by atoms with van der Waals surface area (Å²) in [5.74, 6) is 0.517. The summed E-state index contributed by atoms with van der Waals surface area (Å²) in [6, 6.07) is 31.5. The lowest BCUT2D eigenvalue weighted by atomic mass is 9.65. The van der Waals surface area contributed by atoms with Crippen molar-refractivity contribution in [3.05, 3.63) is 114 Å². The summed E-state index contributed by atoms with van der Waals surface area (Å²) in [5, 5.41) is 6.05. The molecular formula is C41H46N4O5. The second kappa shape index (κ2) is 14.8. The Morgan fingerprint density at radius 3 is 2.20 bits per heavy atom. The summed E-state index contributed by atoms with van der Waals surface area (Å²) in [7, 11) is 0. The summed E-state index contributed by atoms with van der Waals surface area (Å²) in [5.41, 5.74) is 5.32. The normalized spacial score (nSPS) is 18.2. The molecule has 2 heterocycles. The third-order valence-electron chi connectivity index (χ3n) is 9.71. The van der Waals surface area contributed by atoms with Gasteiger partial charge < -0.3 is 29.9 Å². The molecule has 6 rings (SSSR count). The molecule has 1 fully saturated rings. The number of ether oxygens (including phenoxy) is 2. The van der Waals surface area contributed by atoms with Crippen molar-refractivity contribution in [1.82, 2.24) is 10.2 Å². The quantitative estimate of drug-likeness (QED) is 0.182. The standard InChI is InChI=1S/C41H46N4O5/c1-29(46)45-37-20-17-34(43-38(47)32-13-11-31(12-14-32)30-9-6-5-7-10-30)27-36(37)41(4,28-40(45,2)3)33-15-18-35(19-16-33)50-24-8-21-42-39(48)44-22-25-49-26-23-44/h5-7,9-20,27H,8,21-26,28H2,1-4H3,(H,42,48)(H,43,47). The van der Waals surface area contributed by atoms with Gasteiger partial charge in [-0.1, -0.05) is 61.5 Å². The van der Waals surface area contributed by atoms with Crippen LogP contribution in [0.1, 0.15) is 62.0 Å². The van der Waals surface area contributed by atoms with Gasteiger partial charge in [-0.3, -0.25) is 9.59 Å². The van der Waals surface area contributed by atoms with Crippen molar-refractivity contribution in [2.45, 2.75) is 51.5 Å². The molecule has 1 atom stereocenters. The van der Waals surface area contributed by atoms with E-state index in [0.717, 1.165) is 33.7 Å². The van der Waals surface area contributed by atoms with Crippen molar-refractivity contribution in [2.75, 3.05) is 49.7 Å². The number of urea groups is 1. The summed E-state index contributed by atoms with van der Waals surface area (Å²) in [6.45, 7) is 11.4. The van der Waals surface area contributed by atoms with E-state index in [2.05, 4.69) is 43.5 Å². The van der Waals surface area contributed by atoms with Crippen molar-refractivity contribution in [1.29, 1.82) is 0 Å². The fraction of sp³-hybridized carbons (Fsp3) is 0.341. The van der Waals surface area contributed by atoms with Crippen LogP contribution >= 0.6 is 0 Å². The van der Waals surface area contributed by atoms with Crippen LogP contribution in [0.15, 0.2) is 97.1 Å². The molecule has 4 aromatic carbocycles. The maximum absolute atomic E-state index is 13.4. The Kier molecular flexibility index (Phi) is 10.2. The number of amides is 4. The Balaban J connectivity index is 1.17. The fourth-order valence-corrected chi connectivity index (χ4v) is 7.37. The monoisotopic (exact) mass is 674 g/mol. The number of carbonyl (C=O) groups excluding carboxylic acids is 3. The first kappa shape index (κ1) is 34.7. The average Bonchev–Trinajstić information content (AvgIpc) is 3.12. The zero-order valence-corrected chi connectivity index (χ0v) is 29.3. The van der Waals surface area contributed by atoms with Crippen LogP contribution in [0.2, 0.25) is 0 Å². The van der Waals surface area contributed by atoms with E-state index >= 15 is 0 Å². The number of nitrogens with one attached hydrogen (secondary N) is 2. The van der Waals surface area contributed by atoms with E-state index in [-0.39, 0.29) is 17.8 Å². The number of hydrogen-bond donors (Lipinski definition) is 2. The molecular weight excluding hydrogens is 628 g/mol. The minimum Gasteiger partial charge on any atom is -0.494 e.